The lowest BCUT2D eigenvalue weighted by Crippen LogP contribution is -2.26. The molecule has 0 spiro atoms. The van der Waals surface area contributed by atoms with Crippen LogP contribution in [-0.4, -0.2) is 38.6 Å². The number of benzene rings is 2. The molecule has 0 atom stereocenters. The Morgan fingerprint density at radius 2 is 1.75 bits per heavy atom. The largest absolute Gasteiger partial charge is 0.356 e. The molecule has 5 heteroatoms. The Hall–Kier alpha value is -3.05. The van der Waals surface area contributed by atoms with Crippen molar-refractivity contribution in [2.24, 2.45) is 4.99 Å². The first-order valence-electron chi connectivity index (χ1n) is 14.3. The summed E-state index contributed by atoms with van der Waals surface area (Å²) in [4.78, 5) is 17.2. The number of amidine groups is 1. The molecule has 0 aromatic heterocycles. The van der Waals surface area contributed by atoms with Crippen LogP contribution in [0, 0.1) is 20.8 Å². The maximum atomic E-state index is 10.6. The van der Waals surface area contributed by atoms with Crippen molar-refractivity contribution in [3.05, 3.63) is 101 Å². The van der Waals surface area contributed by atoms with Gasteiger partial charge in [-0.2, -0.15) is 11.8 Å². The van der Waals surface area contributed by atoms with E-state index in [0.717, 1.165) is 37.4 Å². The number of thioether (sulfide) groups is 1. The van der Waals surface area contributed by atoms with Crippen molar-refractivity contribution in [3.8, 4) is 0 Å². The number of anilines is 1. The zero-order valence-electron chi connectivity index (χ0n) is 26.1. The molecule has 4 nitrogen and oxygen atoms in total. The van der Waals surface area contributed by atoms with Crippen molar-refractivity contribution in [1.82, 2.24) is 5.32 Å². The van der Waals surface area contributed by atoms with E-state index >= 15 is 0 Å². The summed E-state index contributed by atoms with van der Waals surface area (Å²) in [5, 5.41) is 2.79. The highest BCUT2D eigenvalue weighted by molar-refractivity contribution is 7.97. The number of hydrogen-bond acceptors (Lipinski definition) is 3. The van der Waals surface area contributed by atoms with Gasteiger partial charge in [0.1, 0.15) is 5.84 Å². The molecule has 3 rings (SSSR count). The van der Waals surface area contributed by atoms with Crippen molar-refractivity contribution >= 4 is 29.2 Å². The molecular formula is C35H51N3OS. The zero-order valence-corrected chi connectivity index (χ0v) is 26.9. The second-order valence-electron chi connectivity index (χ2n) is 10.1. The fourth-order valence-electron chi connectivity index (χ4n) is 4.28. The molecule has 1 aliphatic rings. The highest BCUT2D eigenvalue weighted by Gasteiger charge is 2.07. The lowest BCUT2D eigenvalue weighted by Gasteiger charge is -2.21. The van der Waals surface area contributed by atoms with Gasteiger partial charge >= 0.3 is 0 Å². The first-order valence-corrected chi connectivity index (χ1v) is 15.7. The summed E-state index contributed by atoms with van der Waals surface area (Å²) in [5.41, 5.74) is 8.05. The number of rotatable bonds is 9. The van der Waals surface area contributed by atoms with Gasteiger partial charge in [-0.3, -0.25) is 9.79 Å². The SMILES string of the molecule is CC(=O)NCCC1=CC=CC=CC1.CCCCC(=NC)N(C)c1cccc(C)c1.CSCc1cc(C)cc(C)c1. The Balaban J connectivity index is 0.000000305. The van der Waals surface area contributed by atoms with Gasteiger partial charge in [0, 0.05) is 45.4 Å². The molecule has 0 fully saturated rings. The molecule has 0 aliphatic heterocycles. The number of carbonyl (C=O) groups is 1. The minimum atomic E-state index is 0.0420. The van der Waals surface area contributed by atoms with Crippen LogP contribution in [0.25, 0.3) is 0 Å². The average Bonchev–Trinajstić information content (AvgIpc) is 3.18. The maximum absolute atomic E-state index is 10.6. The molecule has 0 unspecified atom stereocenters. The fourth-order valence-corrected chi connectivity index (χ4v) is 4.78. The number of aliphatic imine (C=N–C) groups is 1. The molecule has 2 aromatic carbocycles. The quantitative estimate of drug-likeness (QED) is 0.246. The number of aryl methyl sites for hydroxylation is 3. The van der Waals surface area contributed by atoms with Crippen LogP contribution in [0.2, 0.25) is 0 Å². The van der Waals surface area contributed by atoms with Crippen LogP contribution in [0.4, 0.5) is 5.69 Å². The van der Waals surface area contributed by atoms with Gasteiger partial charge in [0.25, 0.3) is 0 Å². The van der Waals surface area contributed by atoms with Crippen molar-refractivity contribution in [3.63, 3.8) is 0 Å². The van der Waals surface area contributed by atoms with Crippen molar-refractivity contribution in [2.45, 2.75) is 72.5 Å². The number of allylic oxidation sites excluding steroid dienone is 5. The van der Waals surface area contributed by atoms with Gasteiger partial charge in [-0.25, -0.2) is 0 Å². The van der Waals surface area contributed by atoms with E-state index in [1.807, 2.05) is 37.0 Å². The second kappa shape index (κ2) is 20.8. The van der Waals surface area contributed by atoms with Crippen LogP contribution in [0.5, 0.6) is 0 Å². The Kier molecular flexibility index (Phi) is 18.2. The topological polar surface area (TPSA) is 44.7 Å². The Morgan fingerprint density at radius 3 is 2.35 bits per heavy atom. The van der Waals surface area contributed by atoms with Crippen LogP contribution in [0.3, 0.4) is 0 Å². The van der Waals surface area contributed by atoms with E-state index in [4.69, 9.17) is 0 Å². The van der Waals surface area contributed by atoms with E-state index in [9.17, 15) is 4.79 Å². The minimum Gasteiger partial charge on any atom is -0.356 e. The van der Waals surface area contributed by atoms with Gasteiger partial charge in [-0.1, -0.05) is 90.8 Å². The summed E-state index contributed by atoms with van der Waals surface area (Å²) in [6.07, 6.45) is 17.9. The third kappa shape index (κ3) is 15.5. The molecular weight excluding hydrogens is 510 g/mol. The van der Waals surface area contributed by atoms with E-state index in [-0.39, 0.29) is 5.91 Å². The average molecular weight is 562 g/mol. The third-order valence-corrected chi connectivity index (χ3v) is 6.89. The molecule has 218 valence electrons. The molecule has 1 aliphatic carbocycles. The number of unbranched alkanes of at least 4 members (excludes halogenated alkanes) is 1. The molecule has 40 heavy (non-hydrogen) atoms. The van der Waals surface area contributed by atoms with Gasteiger partial charge in [0.15, 0.2) is 0 Å². The summed E-state index contributed by atoms with van der Waals surface area (Å²) in [5.74, 6) is 2.33. The van der Waals surface area contributed by atoms with E-state index in [2.05, 4.69) is 111 Å². The minimum absolute atomic E-state index is 0.0420. The highest BCUT2D eigenvalue weighted by atomic mass is 32.2. The van der Waals surface area contributed by atoms with Crippen LogP contribution in [0.15, 0.2) is 83.4 Å². The standard InChI is InChI=1S/C14H22N2.C11H15NO.C10H14S/c1-5-6-10-14(15-3)16(4)13-9-7-8-12(2)11-13;1-10(13)12-9-8-11-6-4-2-3-5-7-11;1-8-4-9(2)6-10(5-8)7-11-3/h7-9,11H,5-6,10H2,1-4H3;2-6H,7-9H2,1H3,(H,12,13);4-6H,7H2,1-3H3. The molecule has 0 bridgehead atoms. The van der Waals surface area contributed by atoms with Gasteiger partial charge in [-0.15, -0.1) is 0 Å². The van der Waals surface area contributed by atoms with Crippen molar-refractivity contribution < 1.29 is 4.79 Å². The third-order valence-electron chi connectivity index (χ3n) is 6.27. The fraction of sp³-hybridized carbons (Fsp3) is 0.429. The summed E-state index contributed by atoms with van der Waals surface area (Å²) in [6, 6.07) is 15.2. The van der Waals surface area contributed by atoms with Crippen LogP contribution in [0.1, 0.15) is 68.2 Å². The summed E-state index contributed by atoms with van der Waals surface area (Å²) < 4.78 is 0. The van der Waals surface area contributed by atoms with Crippen LogP contribution >= 0.6 is 11.8 Å². The molecule has 0 heterocycles. The van der Waals surface area contributed by atoms with E-state index in [1.54, 1.807) is 6.92 Å². The molecule has 2 aromatic rings. The van der Waals surface area contributed by atoms with Crippen LogP contribution in [-0.2, 0) is 10.5 Å². The first-order chi connectivity index (χ1) is 19.2. The summed E-state index contributed by atoms with van der Waals surface area (Å²) in [7, 11) is 3.96. The molecule has 0 saturated heterocycles. The first kappa shape index (κ1) is 35.0. The normalized spacial score (nSPS) is 12.3. The molecule has 1 N–H and O–H groups in total. The van der Waals surface area contributed by atoms with Gasteiger partial charge in [0.05, 0.1) is 0 Å². The maximum Gasteiger partial charge on any atom is 0.216 e. The molecule has 1 amide bonds. The molecule has 0 radical (unpaired) electrons. The number of nitrogens with zero attached hydrogens (tertiary/aromatic N) is 2. The van der Waals surface area contributed by atoms with E-state index < -0.39 is 0 Å². The zero-order chi connectivity index (χ0) is 29.8. The predicted molar refractivity (Wildman–Crippen MR) is 180 cm³/mol. The number of amides is 1. The molecule has 0 saturated carbocycles. The summed E-state index contributed by atoms with van der Waals surface area (Å²) >= 11 is 1.87. The van der Waals surface area contributed by atoms with Gasteiger partial charge < -0.3 is 10.2 Å². The Bertz CT molecular complexity index is 1130. The van der Waals surface area contributed by atoms with Crippen molar-refractivity contribution in [1.29, 1.82) is 0 Å². The van der Waals surface area contributed by atoms with Gasteiger partial charge in [-0.05, 0) is 69.5 Å². The van der Waals surface area contributed by atoms with Gasteiger partial charge in [0.2, 0.25) is 5.91 Å². The van der Waals surface area contributed by atoms with Crippen molar-refractivity contribution in [2.75, 3.05) is 31.8 Å². The highest BCUT2D eigenvalue weighted by Crippen LogP contribution is 2.17. The van der Waals surface area contributed by atoms with E-state index in [1.165, 1.54) is 46.4 Å². The lowest BCUT2D eigenvalue weighted by molar-refractivity contribution is -0.118. The lowest BCUT2D eigenvalue weighted by atomic mass is 10.1. The number of carbonyl (C=O) groups excluding carboxylic acids is 1. The van der Waals surface area contributed by atoms with Crippen LogP contribution < -0.4 is 10.2 Å². The smallest absolute Gasteiger partial charge is 0.216 e. The number of nitrogens with one attached hydrogen (secondary N) is 1. The monoisotopic (exact) mass is 561 g/mol. The predicted octanol–water partition coefficient (Wildman–Crippen LogP) is 8.77. The number of hydrogen-bond donors (Lipinski definition) is 1. The van der Waals surface area contributed by atoms with E-state index in [0.29, 0.717) is 0 Å². The second-order valence-corrected chi connectivity index (χ2v) is 11.0. The Labute approximate surface area is 248 Å². The Morgan fingerprint density at radius 1 is 1.02 bits per heavy atom. The summed E-state index contributed by atoms with van der Waals surface area (Å²) in [6.45, 7) is 10.9.